The molecule has 0 radical (unpaired) electrons. The van der Waals surface area contributed by atoms with Crippen molar-refractivity contribution in [2.75, 3.05) is 5.32 Å². The summed E-state index contributed by atoms with van der Waals surface area (Å²) in [6.45, 7) is 21.1. The highest BCUT2D eigenvalue weighted by Gasteiger charge is 2.30. The van der Waals surface area contributed by atoms with Crippen LogP contribution in [0.15, 0.2) is 78.0 Å². The molecular formula is C37H45N. The van der Waals surface area contributed by atoms with Crippen molar-refractivity contribution in [3.8, 4) is 11.1 Å². The van der Waals surface area contributed by atoms with Crippen LogP contribution in [0.4, 0.5) is 5.69 Å². The van der Waals surface area contributed by atoms with Crippen molar-refractivity contribution in [3.63, 3.8) is 0 Å². The van der Waals surface area contributed by atoms with E-state index >= 15 is 0 Å². The molecule has 5 rings (SSSR count). The van der Waals surface area contributed by atoms with Crippen molar-refractivity contribution in [2.45, 2.75) is 97.8 Å². The predicted octanol–water partition coefficient (Wildman–Crippen LogP) is 10.3. The van der Waals surface area contributed by atoms with E-state index in [1.165, 1.54) is 55.9 Å². The molecule has 1 heteroatoms. The van der Waals surface area contributed by atoms with Gasteiger partial charge in [0.1, 0.15) is 0 Å². The van der Waals surface area contributed by atoms with Gasteiger partial charge in [0.25, 0.3) is 0 Å². The number of allylic oxidation sites excluding steroid dienone is 4. The molecule has 0 atom stereocenters. The molecule has 0 saturated heterocycles. The monoisotopic (exact) mass is 503 g/mol. The summed E-state index contributed by atoms with van der Waals surface area (Å²) in [6, 6.07) is 23.0. The molecule has 1 N–H and O–H groups in total. The molecule has 2 aliphatic rings. The van der Waals surface area contributed by atoms with E-state index in [1.54, 1.807) is 5.57 Å². The Hall–Kier alpha value is -3.06. The topological polar surface area (TPSA) is 12.0 Å². The molecule has 0 unspecified atom stereocenters. The molecular weight excluding hydrogens is 458 g/mol. The third-order valence-electron chi connectivity index (χ3n) is 8.20. The van der Waals surface area contributed by atoms with Crippen LogP contribution < -0.4 is 5.32 Å². The molecule has 3 aromatic carbocycles. The van der Waals surface area contributed by atoms with Gasteiger partial charge in [-0.25, -0.2) is 0 Å². The summed E-state index contributed by atoms with van der Waals surface area (Å²) < 4.78 is 0. The lowest BCUT2D eigenvalue weighted by Gasteiger charge is -2.34. The van der Waals surface area contributed by atoms with E-state index in [0.29, 0.717) is 0 Å². The van der Waals surface area contributed by atoms with Crippen molar-refractivity contribution < 1.29 is 0 Å². The minimum atomic E-state index is 0.0463. The van der Waals surface area contributed by atoms with E-state index in [0.717, 1.165) is 19.3 Å². The van der Waals surface area contributed by atoms with Crippen LogP contribution in [0.3, 0.4) is 0 Å². The summed E-state index contributed by atoms with van der Waals surface area (Å²) in [6.07, 6.45) is 5.64. The van der Waals surface area contributed by atoms with Gasteiger partial charge in [-0.15, -0.1) is 0 Å². The number of benzene rings is 3. The maximum absolute atomic E-state index is 3.74. The van der Waals surface area contributed by atoms with Gasteiger partial charge in [0.05, 0.1) is 0 Å². The Bertz CT molecular complexity index is 1390. The van der Waals surface area contributed by atoms with Crippen LogP contribution in [0.5, 0.6) is 0 Å². The Morgan fingerprint density at radius 2 is 1.26 bits per heavy atom. The highest BCUT2D eigenvalue weighted by Crippen LogP contribution is 2.44. The third-order valence-corrected chi connectivity index (χ3v) is 8.20. The first-order valence-corrected chi connectivity index (χ1v) is 14.3. The van der Waals surface area contributed by atoms with Gasteiger partial charge < -0.3 is 5.32 Å². The van der Waals surface area contributed by atoms with E-state index in [9.17, 15) is 0 Å². The summed E-state index contributed by atoms with van der Waals surface area (Å²) in [5.74, 6) is 0. The van der Waals surface area contributed by atoms with E-state index in [-0.39, 0.29) is 16.2 Å². The normalized spacial score (nSPS) is 15.8. The standard InChI is InChI=1S/C37H45N/c1-35(2,3)27-22-32(36(4,5)6)34(33(23-27)37(7,8)9)24-14-16-28(17-15-24)38-29-18-19-31-26(21-29)20-25-12-10-11-13-30(25)31/h10-17,21-23,38H,18-20H2,1-9H3. The highest BCUT2D eigenvalue weighted by atomic mass is 14.9. The fourth-order valence-corrected chi connectivity index (χ4v) is 6.00. The number of hydrogen-bond acceptors (Lipinski definition) is 1. The average Bonchev–Trinajstić information content (AvgIpc) is 3.20. The average molecular weight is 504 g/mol. The second-order valence-electron chi connectivity index (χ2n) is 14.4. The molecule has 0 heterocycles. The molecule has 0 aromatic heterocycles. The minimum absolute atomic E-state index is 0.0463. The van der Waals surface area contributed by atoms with Crippen molar-refractivity contribution in [3.05, 3.63) is 106 Å². The summed E-state index contributed by atoms with van der Waals surface area (Å²) in [7, 11) is 0. The fourth-order valence-electron chi connectivity index (χ4n) is 6.00. The van der Waals surface area contributed by atoms with Crippen LogP contribution in [0.25, 0.3) is 16.7 Å². The summed E-state index contributed by atoms with van der Waals surface area (Å²) in [5, 5.41) is 3.74. The number of nitrogens with one attached hydrogen (secondary N) is 1. The lowest BCUT2D eigenvalue weighted by molar-refractivity contribution is 0.550. The van der Waals surface area contributed by atoms with Crippen LogP contribution in [0.1, 0.15) is 103 Å². The van der Waals surface area contributed by atoms with Crippen molar-refractivity contribution in [1.82, 2.24) is 0 Å². The molecule has 198 valence electrons. The second-order valence-corrected chi connectivity index (χ2v) is 14.4. The van der Waals surface area contributed by atoms with Gasteiger partial charge in [-0.2, -0.15) is 0 Å². The van der Waals surface area contributed by atoms with Gasteiger partial charge in [-0.3, -0.25) is 0 Å². The molecule has 2 aliphatic carbocycles. The molecule has 0 aliphatic heterocycles. The maximum atomic E-state index is 3.74. The zero-order valence-corrected chi connectivity index (χ0v) is 25.0. The quantitative estimate of drug-likeness (QED) is 0.375. The number of rotatable bonds is 3. The van der Waals surface area contributed by atoms with Crippen molar-refractivity contribution >= 4 is 11.3 Å². The Morgan fingerprint density at radius 3 is 1.84 bits per heavy atom. The third kappa shape index (κ3) is 5.13. The Labute approximate surface area is 231 Å². The summed E-state index contributed by atoms with van der Waals surface area (Å²) >= 11 is 0. The molecule has 0 saturated carbocycles. The smallest absolute Gasteiger partial charge is 0.0382 e. The van der Waals surface area contributed by atoms with Crippen LogP contribution in [0.2, 0.25) is 0 Å². The first kappa shape index (κ1) is 26.5. The van der Waals surface area contributed by atoms with Gasteiger partial charge in [-0.1, -0.05) is 111 Å². The van der Waals surface area contributed by atoms with Gasteiger partial charge >= 0.3 is 0 Å². The van der Waals surface area contributed by atoms with Gasteiger partial charge in [0, 0.05) is 11.4 Å². The molecule has 1 nitrogen and oxygen atoms in total. The Balaban J connectivity index is 1.49. The Morgan fingerprint density at radius 1 is 0.658 bits per heavy atom. The van der Waals surface area contributed by atoms with Crippen LogP contribution in [0, 0.1) is 0 Å². The largest absolute Gasteiger partial charge is 0.359 e. The maximum Gasteiger partial charge on any atom is 0.0382 e. The van der Waals surface area contributed by atoms with E-state index in [1.807, 2.05) is 0 Å². The van der Waals surface area contributed by atoms with Crippen LogP contribution in [-0.2, 0) is 22.7 Å². The molecule has 38 heavy (non-hydrogen) atoms. The minimum Gasteiger partial charge on any atom is -0.359 e. The summed E-state index contributed by atoms with van der Waals surface area (Å²) in [4.78, 5) is 0. The first-order chi connectivity index (χ1) is 17.7. The van der Waals surface area contributed by atoms with Crippen LogP contribution >= 0.6 is 0 Å². The molecule has 0 amide bonds. The van der Waals surface area contributed by atoms with Gasteiger partial charge in [0.15, 0.2) is 0 Å². The van der Waals surface area contributed by atoms with E-state index < -0.39 is 0 Å². The zero-order valence-electron chi connectivity index (χ0n) is 25.0. The number of fused-ring (bicyclic) bond motifs is 2. The molecule has 0 fully saturated rings. The molecule has 3 aromatic rings. The SMILES string of the molecule is CC(C)(C)c1cc(C(C)(C)C)c(-c2ccc(NC3=CC4=C(CC3)c3ccccc3C4)cc2)c(C(C)(C)C)c1. The van der Waals surface area contributed by atoms with E-state index in [4.69, 9.17) is 0 Å². The van der Waals surface area contributed by atoms with Gasteiger partial charge in [0.2, 0.25) is 0 Å². The van der Waals surface area contributed by atoms with E-state index in [2.05, 4.69) is 134 Å². The lowest BCUT2D eigenvalue weighted by atomic mass is 9.71. The van der Waals surface area contributed by atoms with Crippen molar-refractivity contribution in [2.24, 2.45) is 0 Å². The highest BCUT2D eigenvalue weighted by molar-refractivity contribution is 5.81. The molecule has 0 bridgehead atoms. The Kier molecular flexibility index (Phi) is 6.49. The number of hydrogen-bond donors (Lipinski definition) is 1. The van der Waals surface area contributed by atoms with Gasteiger partial charge in [-0.05, 0) is 104 Å². The number of anilines is 1. The van der Waals surface area contributed by atoms with Crippen LogP contribution in [-0.4, -0.2) is 0 Å². The summed E-state index contributed by atoms with van der Waals surface area (Å²) in [5.41, 5.74) is 15.7. The zero-order chi connectivity index (χ0) is 27.5. The molecule has 0 spiro atoms. The lowest BCUT2D eigenvalue weighted by Crippen LogP contribution is -2.22. The van der Waals surface area contributed by atoms with Crippen molar-refractivity contribution in [1.29, 1.82) is 0 Å². The first-order valence-electron chi connectivity index (χ1n) is 14.3. The second kappa shape index (κ2) is 9.30. The fraction of sp³-hybridized carbons (Fsp3) is 0.405. The predicted molar refractivity (Wildman–Crippen MR) is 166 cm³/mol.